The largest absolute Gasteiger partial charge is 2.00 e. The van der Waals surface area contributed by atoms with Gasteiger partial charge in [0, 0.05) is 0 Å². The summed E-state index contributed by atoms with van der Waals surface area (Å²) in [6, 6.07) is 0. The van der Waals surface area contributed by atoms with Gasteiger partial charge in [0.2, 0.25) is 0 Å². The maximum atomic E-state index is 8.66. The molecule has 0 rings (SSSR count). The van der Waals surface area contributed by atoms with Gasteiger partial charge in [-0.2, -0.15) is 0 Å². The van der Waals surface area contributed by atoms with E-state index in [0.29, 0.717) is 0 Å². The van der Waals surface area contributed by atoms with Gasteiger partial charge in [0.05, 0.1) is 7.82 Å². The van der Waals surface area contributed by atoms with Crippen molar-refractivity contribution in [1.29, 1.82) is 0 Å². The van der Waals surface area contributed by atoms with Crippen molar-refractivity contribution in [2.75, 3.05) is 0 Å². The summed E-state index contributed by atoms with van der Waals surface area (Å²) < 4.78 is 8.66. The Morgan fingerprint density at radius 1 is 1.33 bits per heavy atom. The maximum absolute atomic E-state index is 8.66. The standard InChI is InChI=1S/2K.Mg.H3N.H3O4P.2H/c;;;;1-5(2,3)4;;/h;;;1H3;(H3,1,2,3,4);;/q2*+1;+2;;;2*-1/p-2. The van der Waals surface area contributed by atoms with Crippen molar-refractivity contribution in [2.45, 2.75) is 0 Å². The second kappa shape index (κ2) is 14.6. The van der Waals surface area contributed by atoms with Gasteiger partial charge in [-0.3, -0.25) is 0 Å². The van der Waals surface area contributed by atoms with Crippen LogP contribution in [-0.4, -0.2) is 27.9 Å². The molecule has 0 saturated heterocycles. The van der Waals surface area contributed by atoms with Crippen LogP contribution < -0.4 is 119 Å². The molecule has 0 saturated carbocycles. The van der Waals surface area contributed by atoms with Crippen molar-refractivity contribution in [3.05, 3.63) is 0 Å². The van der Waals surface area contributed by atoms with Crippen LogP contribution in [0.2, 0.25) is 0 Å². The Morgan fingerprint density at radius 3 is 1.33 bits per heavy atom. The smallest absolute Gasteiger partial charge is 1.00 e. The molecule has 4 N–H and O–H groups in total. The van der Waals surface area contributed by atoms with Gasteiger partial charge >= 0.3 is 126 Å². The molecule has 0 radical (unpaired) electrons. The zero-order valence-electron chi connectivity index (χ0n) is 7.53. The first-order valence-electron chi connectivity index (χ1n) is 0.748. The molecule has 0 fully saturated rings. The van der Waals surface area contributed by atoms with Crippen LogP contribution in [0.25, 0.3) is 0 Å². The molecule has 0 aliphatic rings. The van der Waals surface area contributed by atoms with Gasteiger partial charge in [-0.25, -0.2) is 0 Å². The average Bonchev–Trinajstić information content (AvgIpc) is 0.722. The molecule has 0 aliphatic carbocycles. The van der Waals surface area contributed by atoms with Crippen molar-refractivity contribution < 1.29 is 125 Å². The summed E-state index contributed by atoms with van der Waals surface area (Å²) in [7, 11) is -5.14. The zero-order valence-corrected chi connectivity index (χ0v) is 14.1. The number of hydrogen-bond donors (Lipinski definition) is 2. The summed E-state index contributed by atoms with van der Waals surface area (Å²) in [5.41, 5.74) is 0. The topological polar surface area (TPSA) is 118 Å². The van der Waals surface area contributed by atoms with E-state index in [1.165, 1.54) is 0 Å². The van der Waals surface area contributed by atoms with Crippen LogP contribution in [0.1, 0.15) is 2.85 Å². The Bertz CT molecular complexity index is 72.2. The van der Waals surface area contributed by atoms with Crippen molar-refractivity contribution in [2.24, 2.45) is 0 Å². The number of phosphoric acid groups is 1. The van der Waals surface area contributed by atoms with Crippen LogP contribution in [-0.2, 0) is 4.57 Å². The summed E-state index contributed by atoms with van der Waals surface area (Å²) in [4.78, 5) is 24.3. The van der Waals surface area contributed by atoms with Crippen LogP contribution in [0.3, 0.4) is 0 Å². The SMILES string of the molecule is N.O=P([O-])([O-])O.[H-].[H-].[K+].[K+].[Mg+2]. The van der Waals surface area contributed by atoms with Crippen LogP contribution in [0.4, 0.5) is 0 Å². The van der Waals surface area contributed by atoms with Gasteiger partial charge in [0.15, 0.2) is 0 Å². The fourth-order valence-electron chi connectivity index (χ4n) is 0. The summed E-state index contributed by atoms with van der Waals surface area (Å²) in [5.74, 6) is 0. The van der Waals surface area contributed by atoms with Gasteiger partial charge in [-0.05, 0) is 0 Å². The monoisotopic (exact) mass is 217 g/mol. The minimum Gasteiger partial charge on any atom is -1.00 e. The second-order valence-corrected chi connectivity index (χ2v) is 1.41. The Morgan fingerprint density at radius 2 is 1.33 bits per heavy atom. The van der Waals surface area contributed by atoms with Crippen molar-refractivity contribution in [3.8, 4) is 0 Å². The zero-order chi connectivity index (χ0) is 4.50. The van der Waals surface area contributed by atoms with Crippen LogP contribution in [0.15, 0.2) is 0 Å². The summed E-state index contributed by atoms with van der Waals surface area (Å²) in [6.07, 6.45) is 0. The molecule has 0 amide bonds. The molecular formula is H6K2MgNO4P. The van der Waals surface area contributed by atoms with Crippen LogP contribution in [0, 0.1) is 0 Å². The first-order chi connectivity index (χ1) is 2.00. The van der Waals surface area contributed by atoms with E-state index in [1.807, 2.05) is 0 Å². The molecule has 44 valence electrons. The number of rotatable bonds is 0. The van der Waals surface area contributed by atoms with Gasteiger partial charge in [0.1, 0.15) is 0 Å². The first kappa shape index (κ1) is 29.2. The predicted octanol–water partition coefficient (Wildman–Crippen LogP) is -8.18. The molecule has 9 heavy (non-hydrogen) atoms. The van der Waals surface area contributed by atoms with Gasteiger partial charge in [-0.1, -0.05) is 0 Å². The minimum atomic E-state index is -5.14. The third-order valence-electron chi connectivity index (χ3n) is 0. The van der Waals surface area contributed by atoms with Gasteiger partial charge in [-0.15, -0.1) is 0 Å². The van der Waals surface area contributed by atoms with E-state index in [1.54, 1.807) is 0 Å². The van der Waals surface area contributed by atoms with E-state index in [0.717, 1.165) is 0 Å². The second-order valence-electron chi connectivity index (χ2n) is 0.469. The summed E-state index contributed by atoms with van der Waals surface area (Å²) >= 11 is 0. The van der Waals surface area contributed by atoms with Gasteiger partial charge in [0.25, 0.3) is 0 Å². The normalized spacial score (nSPS) is 6.56. The van der Waals surface area contributed by atoms with Crippen molar-refractivity contribution >= 4 is 30.9 Å². The van der Waals surface area contributed by atoms with E-state index in [-0.39, 0.29) is 135 Å². The van der Waals surface area contributed by atoms with Crippen LogP contribution >= 0.6 is 7.82 Å². The Hall–Kier alpha value is 4.11. The molecule has 0 aromatic carbocycles. The third-order valence-corrected chi connectivity index (χ3v) is 0. The quantitative estimate of drug-likeness (QED) is 0.309. The van der Waals surface area contributed by atoms with Crippen LogP contribution in [0.5, 0.6) is 0 Å². The average molecular weight is 218 g/mol. The molecule has 0 atom stereocenters. The molecule has 0 aliphatic heterocycles. The molecule has 0 bridgehead atoms. The van der Waals surface area contributed by atoms with Crippen molar-refractivity contribution in [1.82, 2.24) is 6.15 Å². The van der Waals surface area contributed by atoms with E-state index >= 15 is 0 Å². The minimum absolute atomic E-state index is 0. The first-order valence-corrected chi connectivity index (χ1v) is 2.24. The Labute approximate surface area is 158 Å². The fourth-order valence-corrected chi connectivity index (χ4v) is 0. The Balaban J connectivity index is -0.00000000533. The molecule has 9 heteroatoms. The molecule has 0 spiro atoms. The molecule has 0 heterocycles. The fraction of sp³-hybridized carbons (Fsp3) is 0. The van der Waals surface area contributed by atoms with Crippen molar-refractivity contribution in [3.63, 3.8) is 0 Å². The number of hydrogen-bond acceptors (Lipinski definition) is 4. The molecular weight excluding hydrogens is 211 g/mol. The van der Waals surface area contributed by atoms with E-state index in [4.69, 9.17) is 19.2 Å². The van der Waals surface area contributed by atoms with E-state index in [9.17, 15) is 0 Å². The maximum Gasteiger partial charge on any atom is 2.00 e. The third kappa shape index (κ3) is 73.3. The van der Waals surface area contributed by atoms with E-state index < -0.39 is 7.82 Å². The summed E-state index contributed by atoms with van der Waals surface area (Å²) in [6.45, 7) is 0. The summed E-state index contributed by atoms with van der Waals surface area (Å²) in [5, 5.41) is 0. The Kier molecular flexibility index (Phi) is 47.5. The molecule has 5 nitrogen and oxygen atoms in total. The molecule has 0 aromatic rings. The van der Waals surface area contributed by atoms with E-state index in [2.05, 4.69) is 0 Å². The van der Waals surface area contributed by atoms with Gasteiger partial charge < -0.3 is 28.2 Å². The molecule has 0 aromatic heterocycles. The predicted molar refractivity (Wildman–Crippen MR) is 22.8 cm³/mol. The molecule has 0 unspecified atom stereocenters.